The van der Waals surface area contributed by atoms with Gasteiger partial charge in [0.25, 0.3) is 5.91 Å². The van der Waals surface area contributed by atoms with Crippen LogP contribution in [0.2, 0.25) is 0 Å². The number of nitrogens with one attached hydrogen (secondary N) is 1. The van der Waals surface area contributed by atoms with Crippen molar-refractivity contribution in [3.8, 4) is 0 Å². The maximum Gasteiger partial charge on any atom is 0.251 e. The highest BCUT2D eigenvalue weighted by molar-refractivity contribution is 7.92. The van der Waals surface area contributed by atoms with Crippen LogP contribution in [0.4, 0.5) is 5.69 Å². The number of hydrogen-bond acceptors (Lipinski definition) is 3. The zero-order chi connectivity index (χ0) is 14.2. The van der Waals surface area contributed by atoms with Crippen molar-refractivity contribution in [3.05, 3.63) is 29.3 Å². The topological polar surface area (TPSA) is 66.5 Å². The van der Waals surface area contributed by atoms with Gasteiger partial charge in [0.15, 0.2) is 0 Å². The van der Waals surface area contributed by atoms with Crippen LogP contribution >= 0.6 is 0 Å². The molecule has 0 saturated heterocycles. The monoisotopic (exact) mass is 282 g/mol. The number of rotatable bonds is 4. The predicted octanol–water partition coefficient (Wildman–Crippen LogP) is 1.28. The van der Waals surface area contributed by atoms with Crippen molar-refractivity contribution in [2.24, 2.45) is 0 Å². The predicted molar refractivity (Wildman–Crippen MR) is 74.9 cm³/mol. The summed E-state index contributed by atoms with van der Waals surface area (Å²) < 4.78 is 24.3. The van der Waals surface area contributed by atoms with E-state index in [4.69, 9.17) is 0 Å². The standard InChI is InChI=1S/C13H18N2O3S/c1-9-11(13(16)14-10-7-8-10)5-4-6-12(9)15(2)19(3,17)18/h4-6,10H,7-8H2,1-3H3,(H,14,16). The summed E-state index contributed by atoms with van der Waals surface area (Å²) in [5.41, 5.74) is 1.74. The van der Waals surface area contributed by atoms with Crippen LogP contribution in [0.5, 0.6) is 0 Å². The molecule has 0 atom stereocenters. The highest BCUT2D eigenvalue weighted by Crippen LogP contribution is 2.25. The molecule has 0 bridgehead atoms. The normalized spacial score (nSPS) is 15.1. The van der Waals surface area contributed by atoms with E-state index in [9.17, 15) is 13.2 Å². The first-order valence-electron chi connectivity index (χ1n) is 6.15. The Labute approximate surface area is 113 Å². The van der Waals surface area contributed by atoms with Crippen molar-refractivity contribution in [2.45, 2.75) is 25.8 Å². The molecular formula is C13H18N2O3S. The van der Waals surface area contributed by atoms with Gasteiger partial charge in [0.05, 0.1) is 11.9 Å². The van der Waals surface area contributed by atoms with E-state index in [0.29, 0.717) is 16.8 Å². The van der Waals surface area contributed by atoms with Gasteiger partial charge in [-0.25, -0.2) is 8.42 Å². The maximum atomic E-state index is 12.1. The van der Waals surface area contributed by atoms with Gasteiger partial charge in [-0.05, 0) is 37.5 Å². The third kappa shape index (κ3) is 3.07. The average molecular weight is 282 g/mol. The molecule has 0 heterocycles. The Morgan fingerprint density at radius 1 is 1.37 bits per heavy atom. The Morgan fingerprint density at radius 2 is 2.00 bits per heavy atom. The second kappa shape index (κ2) is 4.85. The van der Waals surface area contributed by atoms with Gasteiger partial charge >= 0.3 is 0 Å². The fraction of sp³-hybridized carbons (Fsp3) is 0.462. The van der Waals surface area contributed by atoms with Gasteiger partial charge in [0, 0.05) is 18.7 Å². The second-order valence-corrected chi connectivity index (χ2v) is 6.94. The Kier molecular flexibility index (Phi) is 3.54. The molecule has 0 unspecified atom stereocenters. The third-order valence-corrected chi connectivity index (χ3v) is 4.49. The summed E-state index contributed by atoms with van der Waals surface area (Å²) in [6.45, 7) is 1.76. The van der Waals surface area contributed by atoms with E-state index in [-0.39, 0.29) is 11.9 Å². The molecule has 1 saturated carbocycles. The van der Waals surface area contributed by atoms with Crippen LogP contribution in [-0.4, -0.2) is 33.7 Å². The first-order valence-corrected chi connectivity index (χ1v) is 8.00. The minimum absolute atomic E-state index is 0.135. The summed E-state index contributed by atoms with van der Waals surface area (Å²) in [7, 11) is -1.84. The Balaban J connectivity index is 2.34. The third-order valence-electron chi connectivity index (χ3n) is 3.30. The number of sulfonamides is 1. The van der Waals surface area contributed by atoms with E-state index in [1.165, 1.54) is 11.4 Å². The van der Waals surface area contributed by atoms with Crippen molar-refractivity contribution in [1.29, 1.82) is 0 Å². The fourth-order valence-electron chi connectivity index (χ4n) is 1.88. The number of amides is 1. The molecule has 1 aromatic rings. The van der Waals surface area contributed by atoms with Gasteiger partial charge in [0.2, 0.25) is 10.0 Å². The fourth-order valence-corrected chi connectivity index (χ4v) is 2.44. The lowest BCUT2D eigenvalue weighted by Crippen LogP contribution is -2.29. The lowest BCUT2D eigenvalue weighted by Gasteiger charge is -2.20. The van der Waals surface area contributed by atoms with Crippen molar-refractivity contribution in [1.82, 2.24) is 5.32 Å². The Morgan fingerprint density at radius 3 is 2.53 bits per heavy atom. The number of benzene rings is 1. The highest BCUT2D eigenvalue weighted by atomic mass is 32.2. The lowest BCUT2D eigenvalue weighted by molar-refractivity contribution is 0.0950. The van der Waals surface area contributed by atoms with Gasteiger partial charge in [-0.1, -0.05) is 6.07 Å². The van der Waals surface area contributed by atoms with Crippen LogP contribution in [0, 0.1) is 6.92 Å². The van der Waals surface area contributed by atoms with E-state index in [1.807, 2.05) is 0 Å². The molecule has 0 aliphatic heterocycles. The molecule has 1 amide bonds. The first kappa shape index (κ1) is 13.9. The number of anilines is 1. The molecule has 2 rings (SSSR count). The van der Waals surface area contributed by atoms with Gasteiger partial charge in [0.1, 0.15) is 0 Å². The first-order chi connectivity index (χ1) is 8.80. The lowest BCUT2D eigenvalue weighted by atomic mass is 10.1. The van der Waals surface area contributed by atoms with Crippen LogP contribution in [-0.2, 0) is 10.0 Å². The molecule has 1 fully saturated rings. The molecular weight excluding hydrogens is 264 g/mol. The molecule has 1 N–H and O–H groups in total. The van der Waals surface area contributed by atoms with Crippen molar-refractivity contribution in [2.75, 3.05) is 17.6 Å². The smallest absolute Gasteiger partial charge is 0.251 e. The minimum atomic E-state index is -3.33. The molecule has 1 aliphatic rings. The maximum absolute atomic E-state index is 12.1. The van der Waals surface area contributed by atoms with E-state index in [0.717, 1.165) is 19.1 Å². The summed E-state index contributed by atoms with van der Waals surface area (Å²) >= 11 is 0. The zero-order valence-corrected chi connectivity index (χ0v) is 12.1. The van der Waals surface area contributed by atoms with E-state index in [1.54, 1.807) is 25.1 Å². The van der Waals surface area contributed by atoms with Gasteiger partial charge in [-0.3, -0.25) is 9.10 Å². The van der Waals surface area contributed by atoms with Gasteiger partial charge < -0.3 is 5.32 Å². The Hall–Kier alpha value is -1.56. The van der Waals surface area contributed by atoms with E-state index < -0.39 is 10.0 Å². The van der Waals surface area contributed by atoms with Gasteiger partial charge in [-0.2, -0.15) is 0 Å². The van der Waals surface area contributed by atoms with Crippen LogP contribution in [0.3, 0.4) is 0 Å². The second-order valence-electron chi connectivity index (χ2n) is 4.93. The molecule has 0 radical (unpaired) electrons. The molecule has 5 nitrogen and oxygen atoms in total. The minimum Gasteiger partial charge on any atom is -0.349 e. The molecule has 104 valence electrons. The quantitative estimate of drug-likeness (QED) is 0.904. The Bertz CT molecular complexity index is 606. The van der Waals surface area contributed by atoms with Crippen LogP contribution < -0.4 is 9.62 Å². The van der Waals surface area contributed by atoms with Crippen molar-refractivity contribution in [3.63, 3.8) is 0 Å². The van der Waals surface area contributed by atoms with E-state index >= 15 is 0 Å². The molecule has 6 heteroatoms. The summed E-state index contributed by atoms with van der Waals surface area (Å²) in [4.78, 5) is 12.1. The number of nitrogens with zero attached hydrogens (tertiary/aromatic N) is 1. The van der Waals surface area contributed by atoms with Crippen LogP contribution in [0.1, 0.15) is 28.8 Å². The zero-order valence-electron chi connectivity index (χ0n) is 11.3. The van der Waals surface area contributed by atoms with E-state index in [2.05, 4.69) is 5.32 Å². The number of carbonyl (C=O) groups is 1. The van der Waals surface area contributed by atoms with Crippen molar-refractivity contribution < 1.29 is 13.2 Å². The summed E-state index contributed by atoms with van der Waals surface area (Å²) in [5.74, 6) is -0.135. The summed E-state index contributed by atoms with van der Waals surface area (Å²) in [6, 6.07) is 5.39. The summed E-state index contributed by atoms with van der Waals surface area (Å²) in [5, 5.41) is 2.91. The molecule has 1 aromatic carbocycles. The van der Waals surface area contributed by atoms with Gasteiger partial charge in [-0.15, -0.1) is 0 Å². The number of carbonyl (C=O) groups excluding carboxylic acids is 1. The number of hydrogen-bond donors (Lipinski definition) is 1. The largest absolute Gasteiger partial charge is 0.349 e. The average Bonchev–Trinajstić information content (AvgIpc) is 3.11. The highest BCUT2D eigenvalue weighted by Gasteiger charge is 2.25. The SMILES string of the molecule is Cc1c(C(=O)NC2CC2)cccc1N(C)S(C)(=O)=O. The molecule has 0 spiro atoms. The van der Waals surface area contributed by atoms with Crippen molar-refractivity contribution >= 4 is 21.6 Å². The molecule has 19 heavy (non-hydrogen) atoms. The summed E-state index contributed by atoms with van der Waals surface area (Å²) in [6.07, 6.45) is 3.19. The molecule has 0 aromatic heterocycles. The molecule has 1 aliphatic carbocycles. The van der Waals surface area contributed by atoms with Crippen LogP contribution in [0.15, 0.2) is 18.2 Å². The van der Waals surface area contributed by atoms with Crippen LogP contribution in [0.25, 0.3) is 0 Å².